The summed E-state index contributed by atoms with van der Waals surface area (Å²) in [5, 5.41) is 0. The van der Waals surface area contributed by atoms with Crippen LogP contribution in [-0.4, -0.2) is 0 Å². The van der Waals surface area contributed by atoms with Gasteiger partial charge in [-0.2, -0.15) is 0 Å². The Balaban J connectivity index is 0.000000461. The maximum Gasteiger partial charge on any atom is -0.0355 e. The molecule has 0 spiro atoms. The first-order chi connectivity index (χ1) is 6.68. The number of rotatable bonds is 2. The van der Waals surface area contributed by atoms with E-state index in [2.05, 4.69) is 20.8 Å². The van der Waals surface area contributed by atoms with Crippen molar-refractivity contribution in [2.24, 2.45) is 29.6 Å². The smallest absolute Gasteiger partial charge is 0.0355 e. The highest BCUT2D eigenvalue weighted by Crippen LogP contribution is 2.53. The Labute approximate surface area is 90.5 Å². The van der Waals surface area contributed by atoms with E-state index in [1.807, 2.05) is 13.8 Å². The standard InChI is InChI=1S/C12H22.C2H6/c1-8(2)6-12-9(3)10-4-5-11(12)7-10;1-2/h8-12H,4-7H2,1-3H3;1-2H3. The minimum atomic E-state index is 0.914. The van der Waals surface area contributed by atoms with E-state index in [4.69, 9.17) is 0 Å². The van der Waals surface area contributed by atoms with E-state index in [1.54, 1.807) is 19.3 Å². The van der Waals surface area contributed by atoms with Crippen molar-refractivity contribution >= 4 is 0 Å². The van der Waals surface area contributed by atoms with E-state index in [0.717, 1.165) is 29.6 Å². The van der Waals surface area contributed by atoms with Crippen LogP contribution in [0.15, 0.2) is 0 Å². The highest BCUT2D eigenvalue weighted by atomic mass is 14.5. The van der Waals surface area contributed by atoms with Crippen molar-refractivity contribution in [3.05, 3.63) is 0 Å². The third-order valence-corrected chi connectivity index (χ3v) is 4.28. The van der Waals surface area contributed by atoms with E-state index in [1.165, 1.54) is 6.42 Å². The summed E-state index contributed by atoms with van der Waals surface area (Å²) in [5.41, 5.74) is 0. The van der Waals surface area contributed by atoms with Crippen molar-refractivity contribution < 1.29 is 0 Å². The molecule has 0 heterocycles. The van der Waals surface area contributed by atoms with Crippen LogP contribution in [0.2, 0.25) is 0 Å². The van der Waals surface area contributed by atoms with Crippen LogP contribution in [0.25, 0.3) is 0 Å². The fraction of sp³-hybridized carbons (Fsp3) is 1.00. The van der Waals surface area contributed by atoms with Gasteiger partial charge in [0, 0.05) is 0 Å². The van der Waals surface area contributed by atoms with Gasteiger partial charge in [-0.15, -0.1) is 0 Å². The molecule has 2 aliphatic rings. The molecule has 14 heavy (non-hydrogen) atoms. The van der Waals surface area contributed by atoms with E-state index in [-0.39, 0.29) is 0 Å². The minimum absolute atomic E-state index is 0.914. The lowest BCUT2D eigenvalue weighted by Crippen LogP contribution is -2.21. The zero-order chi connectivity index (χ0) is 10.7. The molecule has 2 rings (SSSR count). The minimum Gasteiger partial charge on any atom is -0.0683 e. The zero-order valence-electron chi connectivity index (χ0n) is 10.7. The van der Waals surface area contributed by atoms with Crippen molar-refractivity contribution in [1.29, 1.82) is 0 Å². The number of hydrogen-bond acceptors (Lipinski definition) is 0. The van der Waals surface area contributed by atoms with Crippen molar-refractivity contribution in [3.63, 3.8) is 0 Å². The molecule has 2 fully saturated rings. The zero-order valence-corrected chi connectivity index (χ0v) is 10.7. The van der Waals surface area contributed by atoms with Crippen LogP contribution in [0.4, 0.5) is 0 Å². The molecule has 2 aliphatic carbocycles. The van der Waals surface area contributed by atoms with Crippen molar-refractivity contribution in [2.75, 3.05) is 0 Å². The van der Waals surface area contributed by atoms with E-state index >= 15 is 0 Å². The first kappa shape index (κ1) is 12.1. The van der Waals surface area contributed by atoms with Crippen LogP contribution in [0.3, 0.4) is 0 Å². The quantitative estimate of drug-likeness (QED) is 0.598. The lowest BCUT2D eigenvalue weighted by molar-refractivity contribution is 0.205. The summed E-state index contributed by atoms with van der Waals surface area (Å²) >= 11 is 0. The average Bonchev–Trinajstić information content (AvgIpc) is 2.73. The van der Waals surface area contributed by atoms with Crippen LogP contribution in [0.5, 0.6) is 0 Å². The van der Waals surface area contributed by atoms with Crippen molar-refractivity contribution in [2.45, 2.75) is 60.3 Å². The molecular formula is C14H28. The predicted octanol–water partition coefficient (Wildman–Crippen LogP) is 4.74. The van der Waals surface area contributed by atoms with Gasteiger partial charge in [0.1, 0.15) is 0 Å². The third-order valence-electron chi connectivity index (χ3n) is 4.28. The molecule has 84 valence electrons. The normalized spacial score (nSPS) is 39.9. The van der Waals surface area contributed by atoms with Gasteiger partial charge < -0.3 is 0 Å². The summed E-state index contributed by atoms with van der Waals surface area (Å²) in [4.78, 5) is 0. The molecule has 0 heteroatoms. The molecule has 0 saturated heterocycles. The maximum atomic E-state index is 2.50. The fourth-order valence-corrected chi connectivity index (χ4v) is 3.65. The van der Waals surface area contributed by atoms with Gasteiger partial charge in [-0.05, 0) is 55.3 Å². The second-order valence-corrected chi connectivity index (χ2v) is 5.49. The Kier molecular flexibility index (Phi) is 4.47. The molecule has 0 amide bonds. The second-order valence-electron chi connectivity index (χ2n) is 5.49. The van der Waals surface area contributed by atoms with E-state index in [0.29, 0.717) is 0 Å². The SMILES string of the molecule is CC.CC(C)CC1C2CCC(C2)C1C. The summed E-state index contributed by atoms with van der Waals surface area (Å²) in [6.45, 7) is 11.2. The summed E-state index contributed by atoms with van der Waals surface area (Å²) in [6.07, 6.45) is 6.15. The maximum absolute atomic E-state index is 2.50. The summed E-state index contributed by atoms with van der Waals surface area (Å²) in [7, 11) is 0. The third kappa shape index (κ3) is 2.32. The van der Waals surface area contributed by atoms with Gasteiger partial charge in [-0.3, -0.25) is 0 Å². The van der Waals surface area contributed by atoms with Crippen molar-refractivity contribution in [1.82, 2.24) is 0 Å². The number of hydrogen-bond donors (Lipinski definition) is 0. The fourth-order valence-electron chi connectivity index (χ4n) is 3.65. The summed E-state index contributed by atoms with van der Waals surface area (Å²) in [5.74, 6) is 5.28. The molecule has 0 aromatic carbocycles. The van der Waals surface area contributed by atoms with Gasteiger partial charge in [0.2, 0.25) is 0 Å². The molecule has 0 aliphatic heterocycles. The van der Waals surface area contributed by atoms with Crippen LogP contribution < -0.4 is 0 Å². The highest BCUT2D eigenvalue weighted by molar-refractivity contribution is 4.94. The summed E-state index contributed by atoms with van der Waals surface area (Å²) < 4.78 is 0. The van der Waals surface area contributed by atoms with Gasteiger partial charge in [-0.1, -0.05) is 34.6 Å². The Hall–Kier alpha value is 0. The molecule has 0 nitrogen and oxygen atoms in total. The van der Waals surface area contributed by atoms with E-state index < -0.39 is 0 Å². The predicted molar refractivity (Wildman–Crippen MR) is 64.3 cm³/mol. The van der Waals surface area contributed by atoms with Crippen molar-refractivity contribution in [3.8, 4) is 0 Å². The van der Waals surface area contributed by atoms with Crippen LogP contribution >= 0.6 is 0 Å². The largest absolute Gasteiger partial charge is 0.0683 e. The average molecular weight is 196 g/mol. The van der Waals surface area contributed by atoms with Crippen LogP contribution in [0.1, 0.15) is 60.3 Å². The molecule has 2 bridgehead atoms. The first-order valence-corrected chi connectivity index (χ1v) is 6.68. The van der Waals surface area contributed by atoms with Gasteiger partial charge in [-0.25, -0.2) is 0 Å². The Morgan fingerprint density at radius 2 is 1.64 bits per heavy atom. The molecule has 0 N–H and O–H groups in total. The van der Waals surface area contributed by atoms with Gasteiger partial charge >= 0.3 is 0 Å². The topological polar surface area (TPSA) is 0 Å². The Bertz CT molecular complexity index is 157. The van der Waals surface area contributed by atoms with Gasteiger partial charge in [0.25, 0.3) is 0 Å². The Morgan fingerprint density at radius 1 is 1.07 bits per heavy atom. The lowest BCUT2D eigenvalue weighted by atomic mass is 9.76. The van der Waals surface area contributed by atoms with Crippen LogP contribution in [-0.2, 0) is 0 Å². The van der Waals surface area contributed by atoms with Crippen LogP contribution in [0, 0.1) is 29.6 Å². The molecule has 4 atom stereocenters. The van der Waals surface area contributed by atoms with E-state index in [9.17, 15) is 0 Å². The van der Waals surface area contributed by atoms with Gasteiger partial charge in [0.05, 0.1) is 0 Å². The molecule has 2 saturated carbocycles. The first-order valence-electron chi connectivity index (χ1n) is 6.68. The number of fused-ring (bicyclic) bond motifs is 2. The monoisotopic (exact) mass is 196 g/mol. The molecule has 0 aromatic heterocycles. The molecule has 0 radical (unpaired) electrons. The summed E-state index contributed by atoms with van der Waals surface area (Å²) in [6, 6.07) is 0. The second kappa shape index (κ2) is 5.19. The highest BCUT2D eigenvalue weighted by Gasteiger charge is 2.44. The Morgan fingerprint density at radius 3 is 2.07 bits per heavy atom. The lowest BCUT2D eigenvalue weighted by Gasteiger charge is -2.29. The van der Waals surface area contributed by atoms with Gasteiger partial charge in [0.15, 0.2) is 0 Å². The molecule has 0 aromatic rings. The molecular weight excluding hydrogens is 168 g/mol. The molecule has 4 unspecified atom stereocenters.